The van der Waals surface area contributed by atoms with Gasteiger partial charge >= 0.3 is 5.97 Å². The molecule has 1 aromatic heterocycles. The number of aromatic nitrogens is 1. The topological polar surface area (TPSA) is 79.3 Å². The van der Waals surface area contributed by atoms with Crippen molar-refractivity contribution < 1.29 is 14.7 Å². The largest absolute Gasteiger partial charge is 0.480 e. The van der Waals surface area contributed by atoms with Crippen LogP contribution in [0.1, 0.15) is 23.8 Å². The summed E-state index contributed by atoms with van der Waals surface area (Å²) in [7, 11) is 0. The highest BCUT2D eigenvalue weighted by Gasteiger charge is 2.21. The fraction of sp³-hybridized carbons (Fsp3) is 0.300. The van der Waals surface area contributed by atoms with E-state index in [4.69, 9.17) is 28.3 Å². The second kappa shape index (κ2) is 5.84. The van der Waals surface area contributed by atoms with Crippen LogP contribution in [-0.2, 0) is 4.79 Å². The average Bonchev–Trinajstić information content (AvgIpc) is 2.28. The van der Waals surface area contributed by atoms with Gasteiger partial charge in [0, 0.05) is 0 Å². The van der Waals surface area contributed by atoms with Gasteiger partial charge in [-0.15, -0.1) is 0 Å². The standard InChI is InChI=1S/C10H10Cl2N2O3/c1-2-6(10(16)17)13-9(15)8-5(11)3-4-7(12)14-8/h3-4,6H,2H2,1H3,(H,13,15)(H,16,17)/t6-/m1/s1. The van der Waals surface area contributed by atoms with Gasteiger partial charge in [-0.25, -0.2) is 9.78 Å². The van der Waals surface area contributed by atoms with Crippen LogP contribution in [0.25, 0.3) is 0 Å². The number of nitrogens with zero attached hydrogens (tertiary/aromatic N) is 1. The molecule has 5 nitrogen and oxygen atoms in total. The maximum absolute atomic E-state index is 11.7. The van der Waals surface area contributed by atoms with Crippen LogP contribution < -0.4 is 5.32 Å². The molecule has 17 heavy (non-hydrogen) atoms. The van der Waals surface area contributed by atoms with Gasteiger partial charge in [-0.3, -0.25) is 4.79 Å². The van der Waals surface area contributed by atoms with E-state index >= 15 is 0 Å². The molecular weight excluding hydrogens is 267 g/mol. The molecule has 0 aliphatic rings. The summed E-state index contributed by atoms with van der Waals surface area (Å²) in [6.07, 6.45) is 0.263. The summed E-state index contributed by atoms with van der Waals surface area (Å²) in [5, 5.41) is 11.3. The zero-order valence-corrected chi connectivity index (χ0v) is 10.4. The molecule has 1 atom stereocenters. The summed E-state index contributed by atoms with van der Waals surface area (Å²) in [5.74, 6) is -1.77. The van der Waals surface area contributed by atoms with E-state index in [1.54, 1.807) is 6.92 Å². The maximum atomic E-state index is 11.7. The molecular formula is C10H10Cl2N2O3. The lowest BCUT2D eigenvalue weighted by Gasteiger charge is -2.12. The third kappa shape index (κ3) is 3.57. The third-order valence-corrected chi connectivity index (χ3v) is 2.55. The molecule has 1 rings (SSSR count). The number of rotatable bonds is 4. The van der Waals surface area contributed by atoms with Gasteiger partial charge in [0.25, 0.3) is 5.91 Å². The van der Waals surface area contributed by atoms with E-state index in [1.807, 2.05) is 0 Å². The van der Waals surface area contributed by atoms with Gasteiger partial charge < -0.3 is 10.4 Å². The summed E-state index contributed by atoms with van der Waals surface area (Å²) in [5.41, 5.74) is -0.0844. The average molecular weight is 277 g/mol. The molecule has 7 heteroatoms. The van der Waals surface area contributed by atoms with Gasteiger partial charge in [-0.2, -0.15) is 0 Å². The van der Waals surface area contributed by atoms with E-state index in [1.165, 1.54) is 12.1 Å². The molecule has 92 valence electrons. The fourth-order valence-corrected chi connectivity index (χ4v) is 1.48. The number of halogens is 2. The highest BCUT2D eigenvalue weighted by molar-refractivity contribution is 6.34. The van der Waals surface area contributed by atoms with Crippen molar-refractivity contribution in [3.63, 3.8) is 0 Å². The Balaban J connectivity index is 2.89. The minimum atomic E-state index is -1.11. The predicted molar refractivity (Wildman–Crippen MR) is 63.4 cm³/mol. The summed E-state index contributed by atoms with van der Waals surface area (Å²) in [6, 6.07) is 1.89. The summed E-state index contributed by atoms with van der Waals surface area (Å²) in [4.78, 5) is 26.2. The van der Waals surface area contributed by atoms with Gasteiger partial charge in [-0.1, -0.05) is 30.1 Å². The molecule has 1 heterocycles. The summed E-state index contributed by atoms with van der Waals surface area (Å²) < 4.78 is 0. The van der Waals surface area contributed by atoms with Crippen molar-refractivity contribution >= 4 is 35.1 Å². The van der Waals surface area contributed by atoms with Gasteiger partial charge in [0.2, 0.25) is 0 Å². The van der Waals surface area contributed by atoms with Crippen molar-refractivity contribution in [1.29, 1.82) is 0 Å². The quantitative estimate of drug-likeness (QED) is 0.825. The Labute approximate surface area is 108 Å². The van der Waals surface area contributed by atoms with Crippen LogP contribution in [0.4, 0.5) is 0 Å². The number of hydrogen-bond donors (Lipinski definition) is 2. The molecule has 0 bridgehead atoms. The van der Waals surface area contributed by atoms with Crippen molar-refractivity contribution in [3.05, 3.63) is 28.0 Å². The van der Waals surface area contributed by atoms with E-state index in [0.717, 1.165) is 0 Å². The van der Waals surface area contributed by atoms with Crippen LogP contribution in [0.5, 0.6) is 0 Å². The van der Waals surface area contributed by atoms with Crippen molar-refractivity contribution in [3.8, 4) is 0 Å². The smallest absolute Gasteiger partial charge is 0.326 e. The highest BCUT2D eigenvalue weighted by atomic mass is 35.5. The van der Waals surface area contributed by atoms with E-state index in [9.17, 15) is 9.59 Å². The molecule has 0 saturated heterocycles. The predicted octanol–water partition coefficient (Wildman–Crippen LogP) is 1.98. The Kier molecular flexibility index (Phi) is 4.72. The number of amides is 1. The number of carbonyl (C=O) groups excluding carboxylic acids is 1. The van der Waals surface area contributed by atoms with Gasteiger partial charge in [-0.05, 0) is 18.6 Å². The molecule has 0 spiro atoms. The van der Waals surface area contributed by atoms with Crippen LogP contribution in [0.15, 0.2) is 12.1 Å². The van der Waals surface area contributed by atoms with Crippen LogP contribution in [0, 0.1) is 0 Å². The molecule has 2 N–H and O–H groups in total. The monoisotopic (exact) mass is 276 g/mol. The fourth-order valence-electron chi connectivity index (χ4n) is 1.14. The molecule has 0 fully saturated rings. The molecule has 1 amide bonds. The molecule has 0 unspecified atom stereocenters. The maximum Gasteiger partial charge on any atom is 0.326 e. The van der Waals surface area contributed by atoms with Crippen molar-refractivity contribution in [2.24, 2.45) is 0 Å². The van der Waals surface area contributed by atoms with Crippen LogP contribution >= 0.6 is 23.2 Å². The molecule has 0 aliphatic carbocycles. The van der Waals surface area contributed by atoms with Crippen LogP contribution in [-0.4, -0.2) is 28.0 Å². The Morgan fingerprint density at radius 3 is 2.65 bits per heavy atom. The molecule has 0 aromatic carbocycles. The van der Waals surface area contributed by atoms with E-state index < -0.39 is 17.9 Å². The van der Waals surface area contributed by atoms with E-state index in [2.05, 4.69) is 10.3 Å². The number of carboxylic acid groups (broad SMARTS) is 1. The second-order valence-corrected chi connectivity index (χ2v) is 4.03. The first-order chi connectivity index (χ1) is 7.95. The first-order valence-corrected chi connectivity index (χ1v) is 5.57. The summed E-state index contributed by atoms with van der Waals surface area (Å²) in [6.45, 7) is 1.64. The number of pyridine rings is 1. The van der Waals surface area contributed by atoms with Crippen molar-refractivity contribution in [2.45, 2.75) is 19.4 Å². The molecule has 0 radical (unpaired) electrons. The third-order valence-electron chi connectivity index (χ3n) is 2.04. The first-order valence-electron chi connectivity index (χ1n) is 4.81. The number of carbonyl (C=O) groups is 2. The highest BCUT2D eigenvalue weighted by Crippen LogP contribution is 2.16. The van der Waals surface area contributed by atoms with Gasteiger partial charge in [0.15, 0.2) is 0 Å². The van der Waals surface area contributed by atoms with Gasteiger partial charge in [0.1, 0.15) is 16.9 Å². The lowest BCUT2D eigenvalue weighted by molar-refractivity contribution is -0.139. The normalized spacial score (nSPS) is 11.9. The SMILES string of the molecule is CC[C@@H](NC(=O)c1nc(Cl)ccc1Cl)C(=O)O. The lowest BCUT2D eigenvalue weighted by Crippen LogP contribution is -2.40. The Hall–Kier alpha value is -1.33. The molecule has 0 saturated carbocycles. The van der Waals surface area contributed by atoms with Crippen LogP contribution in [0.2, 0.25) is 10.2 Å². The zero-order valence-electron chi connectivity index (χ0n) is 8.91. The number of carboxylic acids is 1. The Morgan fingerprint density at radius 1 is 1.47 bits per heavy atom. The number of hydrogen-bond acceptors (Lipinski definition) is 3. The summed E-state index contributed by atoms with van der Waals surface area (Å²) >= 11 is 11.4. The minimum Gasteiger partial charge on any atom is -0.480 e. The Bertz CT molecular complexity index is 451. The Morgan fingerprint density at radius 2 is 2.12 bits per heavy atom. The lowest BCUT2D eigenvalue weighted by atomic mass is 10.2. The van der Waals surface area contributed by atoms with Crippen LogP contribution in [0.3, 0.4) is 0 Å². The molecule has 0 aliphatic heterocycles. The van der Waals surface area contributed by atoms with E-state index in [0.29, 0.717) is 0 Å². The number of nitrogens with one attached hydrogen (secondary N) is 1. The van der Waals surface area contributed by atoms with Crippen molar-refractivity contribution in [2.75, 3.05) is 0 Å². The second-order valence-electron chi connectivity index (χ2n) is 3.24. The van der Waals surface area contributed by atoms with Crippen molar-refractivity contribution in [1.82, 2.24) is 10.3 Å². The molecule has 1 aromatic rings. The van der Waals surface area contributed by atoms with E-state index in [-0.39, 0.29) is 22.3 Å². The zero-order chi connectivity index (χ0) is 13.0. The number of aliphatic carboxylic acids is 1. The van der Waals surface area contributed by atoms with Gasteiger partial charge in [0.05, 0.1) is 5.02 Å². The minimum absolute atomic E-state index is 0.0844. The first kappa shape index (κ1) is 13.7.